The van der Waals surface area contributed by atoms with Gasteiger partial charge in [-0.15, -0.1) is 0 Å². The Morgan fingerprint density at radius 2 is 1.30 bits per heavy atom. The number of aliphatic hydroxyl groups is 5. The molecule has 122 heavy (non-hydrogen) atoms. The molecule has 6 aromatic rings. The number of phenolic OH excluding ortho intramolecular Hbond substituents is 3. The number of rotatable bonds is 29. The molecule has 0 spiro atoms. The lowest BCUT2D eigenvalue weighted by molar-refractivity contribution is -0.330. The van der Waals surface area contributed by atoms with Gasteiger partial charge in [-0.2, -0.15) is 11.8 Å². The van der Waals surface area contributed by atoms with Crippen molar-refractivity contribution >= 4 is 82.3 Å². The Kier molecular flexibility index (Phi) is 31.8. The van der Waals surface area contributed by atoms with Crippen molar-refractivity contribution in [3.05, 3.63) is 152 Å². The normalized spacial score (nSPS) is 26.4. The van der Waals surface area contributed by atoms with Gasteiger partial charge < -0.3 is 134 Å². The van der Waals surface area contributed by atoms with Crippen LogP contribution in [0.4, 0.5) is 0 Å². The van der Waals surface area contributed by atoms with Crippen LogP contribution in [-0.2, 0) is 65.5 Å². The van der Waals surface area contributed by atoms with E-state index < -0.39 is 231 Å². The summed E-state index contributed by atoms with van der Waals surface area (Å²) in [5, 5.41) is 128. The van der Waals surface area contributed by atoms with Crippen molar-refractivity contribution < 1.29 is 113 Å². The molecule has 0 aromatic heterocycles. The van der Waals surface area contributed by atoms with Crippen LogP contribution in [0.1, 0.15) is 168 Å². The Morgan fingerprint density at radius 3 is 1.91 bits per heavy atom. The van der Waals surface area contributed by atoms with E-state index in [1.165, 1.54) is 63.9 Å². The molecular weight excluding hydrogens is 1650 g/mol. The Labute approximate surface area is 718 Å². The second kappa shape index (κ2) is 41.7. The number of aliphatic carboxylic acids is 1. The van der Waals surface area contributed by atoms with Gasteiger partial charge in [0.25, 0.3) is 0 Å². The number of amides is 7. The lowest BCUT2D eigenvalue weighted by atomic mass is 9.86. The van der Waals surface area contributed by atoms with Crippen LogP contribution in [0.2, 0.25) is 10.0 Å². The van der Waals surface area contributed by atoms with Crippen molar-refractivity contribution in [2.24, 2.45) is 23.1 Å². The fraction of sp³-hybridized carbons (Fsp3) is 0.482. The highest BCUT2D eigenvalue weighted by Gasteiger charge is 2.52. The number of unbranched alkanes of at least 4 members (excludes halogenated alkanes) is 7. The summed E-state index contributed by atoms with van der Waals surface area (Å²) in [5.41, 5.74) is 15.6. The van der Waals surface area contributed by atoms with Crippen LogP contribution in [0.15, 0.2) is 103 Å². The van der Waals surface area contributed by atoms with E-state index in [2.05, 4.69) is 66.8 Å². The van der Waals surface area contributed by atoms with Crippen molar-refractivity contribution in [3.63, 3.8) is 0 Å². The van der Waals surface area contributed by atoms with Gasteiger partial charge in [0.05, 0.1) is 40.3 Å². The molecule has 660 valence electrons. The predicted molar refractivity (Wildman–Crippen MR) is 447 cm³/mol. The number of hydrogen-bond acceptors (Lipinski definition) is 27. The van der Waals surface area contributed by atoms with Crippen LogP contribution in [0.25, 0.3) is 11.1 Å². The number of carbonyl (C=O) groups excluding carboxylic acids is 7. The number of thioether (sulfide) groups is 1. The Morgan fingerprint density at radius 1 is 0.680 bits per heavy atom. The number of nitrogens with two attached hydrogens (primary N) is 3. The van der Waals surface area contributed by atoms with Gasteiger partial charge >= 0.3 is 5.97 Å². The smallest absolute Gasteiger partial charge is 0.330 e. The number of benzene rings is 6. The lowest BCUT2D eigenvalue weighted by Crippen LogP contribution is -2.65. The third-order valence-corrected chi connectivity index (χ3v) is 23.8. The van der Waals surface area contributed by atoms with Crippen molar-refractivity contribution in [2.75, 3.05) is 31.6 Å². The molecule has 0 aliphatic carbocycles. The molecular formula is C85H107Cl2N11O23S. The number of hydrogen-bond donors (Lipinski definition) is 20. The molecule has 37 heteroatoms. The fourth-order valence-electron chi connectivity index (χ4n) is 15.5. The van der Waals surface area contributed by atoms with E-state index in [9.17, 15) is 60.3 Å². The van der Waals surface area contributed by atoms with E-state index in [0.717, 1.165) is 98.9 Å². The molecule has 13 rings (SSSR count). The molecule has 7 aliphatic rings. The van der Waals surface area contributed by atoms with Crippen molar-refractivity contribution in [1.82, 2.24) is 42.5 Å². The maximum atomic E-state index is 16.4. The SMILES string of the molecule is CN[C@H](CC(C)C)C(=O)N[C@H]1C(=O)N[C@@H](CC(N)=O)C(=O)N[C@H]2C(=O)N[C@H]3C(=O)N[C@H](C(=O)N[C@H](C(=O)O)c4cc(O)c(CNCCSCCCCCCCCCCc5ccccc5)c(O)c4-c4cc3ccc4O)[C@H](O)c3ccc(c(Cl)c3)Oc3cc2cc(c3O[C@@H]2O[C@H](CN)[C@@H](O)[C@H](O)[C@H]2O[C@H]2C[C@](C)(N)[C@H](O)[C@H](C)O2)Oc2ccc(cc2Cl)[C@H]1O. The van der Waals surface area contributed by atoms with Crippen LogP contribution >= 0.6 is 35.0 Å². The number of likely N-dealkylation sites (N-methyl/N-ethyl adjacent to an activating group) is 1. The number of ether oxygens (including phenoxy) is 6. The van der Waals surface area contributed by atoms with E-state index in [4.69, 9.17) is 68.8 Å². The molecule has 23 N–H and O–H groups in total. The summed E-state index contributed by atoms with van der Waals surface area (Å²) in [6, 6.07) is 9.46. The van der Waals surface area contributed by atoms with Crippen molar-refractivity contribution in [1.29, 1.82) is 0 Å². The number of nitrogens with one attached hydrogen (secondary N) is 8. The second-order valence-electron chi connectivity index (χ2n) is 31.9. The van der Waals surface area contributed by atoms with Gasteiger partial charge in [-0.3, -0.25) is 33.6 Å². The monoisotopic (exact) mass is 1750 g/mol. The minimum atomic E-state index is -2.35. The highest BCUT2D eigenvalue weighted by molar-refractivity contribution is 7.99. The van der Waals surface area contributed by atoms with Crippen molar-refractivity contribution in [3.8, 4) is 57.1 Å². The maximum absolute atomic E-state index is 16.4. The molecule has 6 aromatic carbocycles. The van der Waals surface area contributed by atoms with Gasteiger partial charge in [0, 0.05) is 54.0 Å². The Balaban J connectivity index is 1.03. The maximum Gasteiger partial charge on any atom is 0.330 e. The number of aliphatic hydroxyl groups excluding tert-OH is 5. The zero-order valence-electron chi connectivity index (χ0n) is 67.9. The van der Waals surface area contributed by atoms with Crippen LogP contribution in [0.3, 0.4) is 0 Å². The largest absolute Gasteiger partial charge is 0.507 e. The first kappa shape index (κ1) is 93.0. The summed E-state index contributed by atoms with van der Waals surface area (Å²) in [6.07, 6.45) is -7.90. The third-order valence-electron chi connectivity index (χ3n) is 22.2. The average molecular weight is 1750 g/mol. The number of aryl methyl sites for hydroxylation is 1. The molecule has 18 atom stereocenters. The van der Waals surface area contributed by atoms with Crippen molar-refractivity contribution in [2.45, 2.75) is 221 Å². The standard InChI is InChI=1S/C85H107Cl2N11O23S/c1-40(2)29-52(91-5)77(108)97-67-69(102)44-21-24-56(50(86)31-44)117-58-33-46-34-59(74(58)121-84-75(73(106)72(105)60(38-88)119-84)120-62-37-85(4,90)76(107)41(3)116-62)118-57-25-22-45(32-51(57)87)70(103)68-82(113)96-66(83(114)115)48-35-55(100)49(39-92-26-28-122-27-16-11-9-7-6-8-10-13-17-42-18-14-12-15-19-42)71(104)63(48)47-30-43(20-23-54(47)99)64(79(110)98-68)95-80(111)65(46)94-78(109)53(36-61(89)101)93-81(67)112/h12,14-15,18-25,30-35,40-41,52-53,60,62,64-70,72-73,75-76,84,91-92,99-100,102-107H,6-11,13,16-17,26-29,36-39,88,90H2,1-5H3,(H2,89,101)(H,93,112)(H,94,109)(H,95,111)(H,96,113)(H,97,108)(H,98,110)(H,114,115)/t41-,52+,53-,60+,62-,64+,65+,66-,67+,68-,69+,70+,72+,73-,75+,76+,84-,85-/m0/s1. The molecule has 2 fully saturated rings. The minimum absolute atomic E-state index is 0.0998. The number of aromatic hydroxyl groups is 3. The highest BCUT2D eigenvalue weighted by atomic mass is 35.5. The lowest BCUT2D eigenvalue weighted by Gasteiger charge is -2.47. The van der Waals surface area contributed by atoms with Gasteiger partial charge in [0.2, 0.25) is 53.4 Å². The number of halogens is 2. The molecule has 34 nitrogen and oxygen atoms in total. The van der Waals surface area contributed by atoms with E-state index in [1.807, 2.05) is 19.9 Å². The van der Waals surface area contributed by atoms with Gasteiger partial charge in [-0.1, -0.05) is 124 Å². The van der Waals surface area contributed by atoms with E-state index >= 15 is 24.0 Å². The molecule has 7 heterocycles. The number of carboxylic acid groups (broad SMARTS) is 1. The first-order valence-electron chi connectivity index (χ1n) is 40.5. The topological polar surface area (TPSA) is 548 Å². The second-order valence-corrected chi connectivity index (χ2v) is 33.9. The van der Waals surface area contributed by atoms with Crippen LogP contribution in [0.5, 0.6) is 46.0 Å². The van der Waals surface area contributed by atoms with Gasteiger partial charge in [0.1, 0.15) is 89.5 Å². The molecule has 11 bridgehead atoms. The first-order chi connectivity index (χ1) is 58.1. The predicted octanol–water partition coefficient (Wildman–Crippen LogP) is 5.26. The summed E-state index contributed by atoms with van der Waals surface area (Å²) >= 11 is 16.0. The molecule has 0 radical (unpaired) electrons. The molecule has 0 unspecified atom stereocenters. The zero-order chi connectivity index (χ0) is 88.1. The number of carboxylic acids is 1. The van der Waals surface area contributed by atoms with Gasteiger partial charge in [-0.05, 0) is 141 Å². The Hall–Kier alpha value is -9.67. The zero-order valence-corrected chi connectivity index (χ0v) is 70.2. The van der Waals surface area contributed by atoms with Gasteiger partial charge in [0.15, 0.2) is 29.9 Å². The Bertz CT molecular complexity index is 4770. The number of phenols is 3. The van der Waals surface area contributed by atoms with Gasteiger partial charge in [-0.25, -0.2) is 4.79 Å². The highest BCUT2D eigenvalue weighted by Crippen LogP contribution is 2.51. The van der Waals surface area contributed by atoms with E-state index in [1.54, 1.807) is 11.8 Å². The summed E-state index contributed by atoms with van der Waals surface area (Å²) in [7, 11) is 1.49. The van der Waals surface area contributed by atoms with E-state index in [0.29, 0.717) is 12.3 Å². The molecule has 7 aliphatic heterocycles. The number of carbonyl (C=O) groups is 8. The molecule has 0 saturated carbocycles. The third kappa shape index (κ3) is 22.5. The molecule has 7 amide bonds. The quantitative estimate of drug-likeness (QED) is 0.0266. The van der Waals surface area contributed by atoms with Crippen LogP contribution in [0, 0.1) is 5.92 Å². The average Bonchev–Trinajstić information content (AvgIpc) is 0.761. The van der Waals surface area contributed by atoms with E-state index in [-0.39, 0.29) is 64.1 Å². The summed E-state index contributed by atoms with van der Waals surface area (Å²) in [4.78, 5) is 119. The number of fused-ring (bicyclic) bond motifs is 15. The fourth-order valence-corrected chi connectivity index (χ4v) is 16.8. The number of primary amides is 1. The van der Waals surface area contributed by atoms with Crippen LogP contribution in [-0.4, -0.2) is 204 Å². The first-order valence-corrected chi connectivity index (χ1v) is 42.4. The summed E-state index contributed by atoms with van der Waals surface area (Å²) < 4.78 is 39.0. The van der Waals surface area contributed by atoms with Crippen LogP contribution < -0.4 is 73.9 Å². The molecule has 2 saturated heterocycles. The summed E-state index contributed by atoms with van der Waals surface area (Å²) in [5.74, 6) is -14.1. The minimum Gasteiger partial charge on any atom is -0.507 e. The summed E-state index contributed by atoms with van der Waals surface area (Å²) in [6.45, 7) is 6.33.